The van der Waals surface area contributed by atoms with E-state index in [0.717, 1.165) is 15.4 Å². The van der Waals surface area contributed by atoms with Crippen molar-refractivity contribution in [1.82, 2.24) is 14.9 Å². The summed E-state index contributed by atoms with van der Waals surface area (Å²) < 4.78 is 27.1. The molecule has 0 spiro atoms. The molecule has 0 aliphatic carbocycles. The number of hydrogen-bond donors (Lipinski definition) is 2. The lowest BCUT2D eigenvalue weighted by molar-refractivity contribution is -0.646. The number of thiophene rings is 1. The highest BCUT2D eigenvalue weighted by Gasteiger charge is 2.37. The van der Waals surface area contributed by atoms with Gasteiger partial charge in [0.1, 0.15) is 6.04 Å². The number of Topliss-reactive ketones (excluding diaryl/α,β-unsaturated/α-hetero) is 1. The van der Waals surface area contributed by atoms with Gasteiger partial charge in [-0.25, -0.2) is 8.42 Å². The van der Waals surface area contributed by atoms with Gasteiger partial charge in [-0.1, -0.05) is 19.9 Å². The van der Waals surface area contributed by atoms with Crippen molar-refractivity contribution in [3.8, 4) is 0 Å². The molecule has 35 heavy (non-hydrogen) atoms. The van der Waals surface area contributed by atoms with Crippen LogP contribution in [0.25, 0.3) is 0 Å². The minimum Gasteiger partial charge on any atom is -0.618 e. The van der Waals surface area contributed by atoms with Gasteiger partial charge >= 0.3 is 15.0 Å². The average Bonchev–Trinajstić information content (AvgIpc) is 3.22. The lowest BCUT2D eigenvalue weighted by Crippen LogP contribution is -2.53. The van der Waals surface area contributed by atoms with Crippen LogP contribution in [0.3, 0.4) is 0 Å². The molecule has 3 rings (SSSR count). The third kappa shape index (κ3) is 7.09. The Morgan fingerprint density at radius 1 is 1.26 bits per heavy atom. The van der Waals surface area contributed by atoms with Crippen LogP contribution in [-0.4, -0.2) is 55.5 Å². The number of carbonyl (C=O) groups is 3. The van der Waals surface area contributed by atoms with Crippen molar-refractivity contribution in [3.05, 3.63) is 52.0 Å². The third-order valence-corrected chi connectivity index (χ3v) is 8.32. The normalized spacial score (nSPS) is 18.1. The van der Waals surface area contributed by atoms with Gasteiger partial charge in [0.05, 0.1) is 19.0 Å². The fraction of sp³-hybridized carbons (Fsp3) is 0.478. The van der Waals surface area contributed by atoms with E-state index in [2.05, 4.69) is 10.6 Å². The molecule has 2 N–H and O–H groups in total. The molecule has 0 bridgehead atoms. The molecule has 1 aliphatic heterocycles. The lowest BCUT2D eigenvalue weighted by Gasteiger charge is -2.23. The van der Waals surface area contributed by atoms with Crippen LogP contribution in [0.15, 0.2) is 46.9 Å². The molecule has 1 aliphatic rings. The Morgan fingerprint density at radius 3 is 2.69 bits per heavy atom. The van der Waals surface area contributed by atoms with E-state index < -0.39 is 45.4 Å². The summed E-state index contributed by atoms with van der Waals surface area (Å²) in [7, 11) is -4.18. The van der Waals surface area contributed by atoms with Gasteiger partial charge in [0.2, 0.25) is 11.8 Å². The molecule has 10 nitrogen and oxygen atoms in total. The second-order valence-electron chi connectivity index (χ2n) is 8.88. The third-order valence-electron chi connectivity index (χ3n) is 5.60. The van der Waals surface area contributed by atoms with Crippen LogP contribution >= 0.6 is 11.3 Å². The second kappa shape index (κ2) is 11.7. The number of ketones is 1. The van der Waals surface area contributed by atoms with Gasteiger partial charge in [-0.3, -0.25) is 14.4 Å². The van der Waals surface area contributed by atoms with E-state index in [0.29, 0.717) is 12.8 Å². The van der Waals surface area contributed by atoms with Crippen LogP contribution in [0.2, 0.25) is 0 Å². The number of rotatable bonds is 9. The molecule has 12 heteroatoms. The Balaban J connectivity index is 1.66. The molecular formula is C23H30N4O6S2. The van der Waals surface area contributed by atoms with Crippen molar-refractivity contribution >= 4 is 39.0 Å². The van der Waals surface area contributed by atoms with Crippen LogP contribution < -0.4 is 15.4 Å². The van der Waals surface area contributed by atoms with Crippen molar-refractivity contribution in [2.24, 2.45) is 5.92 Å². The molecular weight excluding hydrogens is 492 g/mol. The maximum Gasteiger partial charge on any atom is 0.323 e. The Kier molecular flexibility index (Phi) is 8.98. The predicted molar refractivity (Wildman–Crippen MR) is 130 cm³/mol. The summed E-state index contributed by atoms with van der Waals surface area (Å²) in [5.41, 5.74) is 0. The molecule has 2 unspecified atom stereocenters. The zero-order valence-electron chi connectivity index (χ0n) is 19.7. The summed E-state index contributed by atoms with van der Waals surface area (Å²) in [5, 5.41) is 18.9. The SMILES string of the molecule is CC(C)CC(NC(=O)Cc1cccs1)C(=O)NC1CCCN(S(=O)(=O)c2cccc[n+]2[O-])CC1=O. The molecule has 190 valence electrons. The van der Waals surface area contributed by atoms with Crippen molar-refractivity contribution in [2.45, 2.75) is 56.6 Å². The van der Waals surface area contributed by atoms with E-state index in [1.807, 2.05) is 31.4 Å². The van der Waals surface area contributed by atoms with Crippen molar-refractivity contribution in [3.63, 3.8) is 0 Å². The van der Waals surface area contributed by atoms with E-state index in [4.69, 9.17) is 0 Å². The molecule has 0 saturated carbocycles. The largest absolute Gasteiger partial charge is 0.618 e. The Bertz CT molecular complexity index is 1150. The van der Waals surface area contributed by atoms with Crippen molar-refractivity contribution in [1.29, 1.82) is 0 Å². The maximum atomic E-state index is 13.0. The Morgan fingerprint density at radius 2 is 2.03 bits per heavy atom. The monoisotopic (exact) mass is 522 g/mol. The first-order valence-electron chi connectivity index (χ1n) is 11.4. The predicted octanol–water partition coefficient (Wildman–Crippen LogP) is 0.994. The summed E-state index contributed by atoms with van der Waals surface area (Å²) in [4.78, 5) is 39.3. The number of carbonyl (C=O) groups excluding carboxylic acids is 3. The number of amides is 2. The highest BCUT2D eigenvalue weighted by Crippen LogP contribution is 2.18. The topological polar surface area (TPSA) is 140 Å². The molecule has 2 amide bonds. The van der Waals surface area contributed by atoms with E-state index in [1.54, 1.807) is 0 Å². The minimum absolute atomic E-state index is 0.0440. The van der Waals surface area contributed by atoms with Crippen molar-refractivity contribution < 1.29 is 27.5 Å². The van der Waals surface area contributed by atoms with Gasteiger partial charge in [-0.2, -0.15) is 9.04 Å². The van der Waals surface area contributed by atoms with Crippen LogP contribution in [0.4, 0.5) is 0 Å². The van der Waals surface area contributed by atoms with Crippen LogP contribution in [0.5, 0.6) is 0 Å². The molecule has 2 aromatic heterocycles. The van der Waals surface area contributed by atoms with Crippen LogP contribution in [0.1, 0.15) is 38.0 Å². The van der Waals surface area contributed by atoms with Crippen LogP contribution in [0, 0.1) is 11.1 Å². The first-order valence-corrected chi connectivity index (χ1v) is 13.7. The molecule has 0 radical (unpaired) electrons. The number of hydrogen-bond acceptors (Lipinski definition) is 7. The first kappa shape index (κ1) is 26.8. The lowest BCUT2D eigenvalue weighted by atomic mass is 10.0. The summed E-state index contributed by atoms with van der Waals surface area (Å²) in [5.74, 6) is -1.12. The van der Waals surface area contributed by atoms with Gasteiger partial charge in [-0.05, 0) is 42.7 Å². The van der Waals surface area contributed by atoms with Gasteiger partial charge in [0, 0.05) is 23.6 Å². The second-order valence-corrected chi connectivity index (χ2v) is 11.8. The molecule has 1 saturated heterocycles. The molecule has 2 aromatic rings. The number of nitrogens with one attached hydrogen (secondary N) is 2. The number of aromatic nitrogens is 1. The number of pyridine rings is 1. The Hall–Kier alpha value is -2.83. The van der Waals surface area contributed by atoms with Gasteiger partial charge in [0.25, 0.3) is 0 Å². The van der Waals surface area contributed by atoms with Gasteiger partial charge < -0.3 is 15.8 Å². The highest BCUT2D eigenvalue weighted by molar-refractivity contribution is 7.89. The number of sulfonamides is 1. The van der Waals surface area contributed by atoms with E-state index in [9.17, 15) is 28.0 Å². The van der Waals surface area contributed by atoms with Gasteiger partial charge in [-0.15, -0.1) is 11.3 Å². The maximum absolute atomic E-state index is 13.0. The fourth-order valence-corrected chi connectivity index (χ4v) is 6.06. The van der Waals surface area contributed by atoms with E-state index in [1.165, 1.54) is 29.5 Å². The van der Waals surface area contributed by atoms with Gasteiger partial charge in [0.15, 0.2) is 12.0 Å². The first-order chi connectivity index (χ1) is 16.6. The summed E-state index contributed by atoms with van der Waals surface area (Å²) in [6, 6.07) is 6.02. The van der Waals surface area contributed by atoms with E-state index in [-0.39, 0.29) is 35.9 Å². The summed E-state index contributed by atoms with van der Waals surface area (Å²) in [6.07, 6.45) is 2.20. The number of nitrogens with zero attached hydrogens (tertiary/aromatic N) is 2. The van der Waals surface area contributed by atoms with Crippen molar-refractivity contribution in [2.75, 3.05) is 13.1 Å². The zero-order chi connectivity index (χ0) is 25.6. The molecule has 2 atom stereocenters. The summed E-state index contributed by atoms with van der Waals surface area (Å²) in [6.45, 7) is 3.44. The van der Waals surface area contributed by atoms with Crippen LogP contribution in [-0.2, 0) is 30.8 Å². The summed E-state index contributed by atoms with van der Waals surface area (Å²) >= 11 is 1.45. The Labute approximate surface area is 209 Å². The smallest absolute Gasteiger partial charge is 0.323 e. The quantitative estimate of drug-likeness (QED) is 0.372. The van der Waals surface area contributed by atoms with E-state index >= 15 is 0 Å². The minimum atomic E-state index is -4.18. The average molecular weight is 523 g/mol. The standard InChI is InChI=1S/C23H30N4O6S2/c1-16(2)13-19(24-21(29)14-17-7-6-12-34-17)23(30)25-18-8-5-10-26(15-20(18)28)35(32,33)22-9-3-4-11-27(22)31/h3-4,6-7,9,11-12,16,18-19H,5,8,10,13-15H2,1-2H3,(H,24,29)(H,25,30). The molecule has 1 fully saturated rings. The zero-order valence-corrected chi connectivity index (χ0v) is 21.3. The highest BCUT2D eigenvalue weighted by atomic mass is 32.2. The fourth-order valence-electron chi connectivity index (χ4n) is 3.89. The molecule has 0 aromatic carbocycles. The molecule has 3 heterocycles.